The van der Waals surface area contributed by atoms with Crippen LogP contribution in [0.3, 0.4) is 0 Å². The Morgan fingerprint density at radius 3 is 1.87 bits per heavy atom. The van der Waals surface area contributed by atoms with Crippen LogP contribution in [-0.2, 0) is 14.3 Å². The normalized spacial score (nSPS) is 26.1. The molecule has 0 N–H and O–H groups in total. The molecule has 3 heteroatoms. The van der Waals surface area contributed by atoms with Crippen molar-refractivity contribution < 1.29 is 14.3 Å². The summed E-state index contributed by atoms with van der Waals surface area (Å²) in [5, 5.41) is 0. The lowest BCUT2D eigenvalue weighted by Gasteiger charge is -2.27. The number of carbonyl (C=O) groups excluding carboxylic acids is 2. The van der Waals surface area contributed by atoms with E-state index in [9.17, 15) is 9.59 Å². The number of cyclic esters (lactones) is 2. The first-order chi connectivity index (χ1) is 7.25. The monoisotopic (exact) mass is 210 g/mol. The summed E-state index contributed by atoms with van der Waals surface area (Å²) in [6.07, 6.45) is 8.40. The first-order valence-electron chi connectivity index (χ1n) is 5.99. The third-order valence-electron chi connectivity index (χ3n) is 3.65. The van der Waals surface area contributed by atoms with Gasteiger partial charge in [-0.25, -0.2) is 0 Å². The van der Waals surface area contributed by atoms with E-state index >= 15 is 0 Å². The van der Waals surface area contributed by atoms with Crippen molar-refractivity contribution in [3.63, 3.8) is 0 Å². The van der Waals surface area contributed by atoms with E-state index in [4.69, 9.17) is 0 Å². The van der Waals surface area contributed by atoms with E-state index in [0.29, 0.717) is 18.8 Å². The minimum absolute atomic E-state index is 0.261. The molecule has 84 valence electrons. The average Bonchev–Trinajstić information content (AvgIpc) is 2.43. The van der Waals surface area contributed by atoms with Crippen molar-refractivity contribution in [1.29, 1.82) is 0 Å². The maximum Gasteiger partial charge on any atom is 0.313 e. The van der Waals surface area contributed by atoms with E-state index in [1.54, 1.807) is 0 Å². The molecule has 1 heterocycles. The summed E-state index contributed by atoms with van der Waals surface area (Å²) in [5.74, 6) is 0.196. The number of ether oxygens (including phenoxy) is 1. The molecule has 0 amide bonds. The van der Waals surface area contributed by atoms with Gasteiger partial charge in [0.25, 0.3) is 0 Å². The molecule has 0 aromatic heterocycles. The quantitative estimate of drug-likeness (QED) is 0.379. The van der Waals surface area contributed by atoms with Crippen LogP contribution in [0.1, 0.15) is 51.4 Å². The topological polar surface area (TPSA) is 43.4 Å². The second-order valence-electron chi connectivity index (χ2n) is 4.77. The van der Waals surface area contributed by atoms with Gasteiger partial charge in [0.05, 0.1) is 0 Å². The van der Waals surface area contributed by atoms with Gasteiger partial charge < -0.3 is 4.74 Å². The third kappa shape index (κ3) is 2.80. The number of rotatable bonds is 1. The van der Waals surface area contributed by atoms with Crippen molar-refractivity contribution in [3.8, 4) is 0 Å². The Bertz CT molecular complexity index is 236. The fourth-order valence-electron chi connectivity index (χ4n) is 2.83. The van der Waals surface area contributed by atoms with Crippen LogP contribution in [0, 0.1) is 11.8 Å². The summed E-state index contributed by atoms with van der Waals surface area (Å²) < 4.78 is 4.56. The van der Waals surface area contributed by atoms with Crippen LogP contribution < -0.4 is 0 Å². The number of hydrogen-bond donors (Lipinski definition) is 0. The fraction of sp³-hybridized carbons (Fsp3) is 0.833. The second-order valence-corrected chi connectivity index (χ2v) is 4.77. The van der Waals surface area contributed by atoms with Crippen LogP contribution in [-0.4, -0.2) is 11.9 Å². The van der Waals surface area contributed by atoms with Crippen LogP contribution in [0.5, 0.6) is 0 Å². The summed E-state index contributed by atoms with van der Waals surface area (Å²) in [6.45, 7) is 0. The molecule has 15 heavy (non-hydrogen) atoms. The Kier molecular flexibility index (Phi) is 3.39. The summed E-state index contributed by atoms with van der Waals surface area (Å²) in [4.78, 5) is 22.3. The smallest absolute Gasteiger partial charge is 0.313 e. The van der Waals surface area contributed by atoms with Crippen molar-refractivity contribution in [2.45, 2.75) is 51.4 Å². The zero-order valence-corrected chi connectivity index (χ0v) is 9.04. The fourth-order valence-corrected chi connectivity index (χ4v) is 2.83. The molecule has 3 nitrogen and oxygen atoms in total. The van der Waals surface area contributed by atoms with Gasteiger partial charge in [-0.2, -0.15) is 0 Å². The molecule has 1 saturated carbocycles. The van der Waals surface area contributed by atoms with E-state index in [2.05, 4.69) is 4.74 Å². The van der Waals surface area contributed by atoms with Crippen LogP contribution in [0.2, 0.25) is 0 Å². The Hall–Kier alpha value is -0.860. The maximum atomic E-state index is 11.2. The lowest BCUT2D eigenvalue weighted by Crippen LogP contribution is -2.30. The number of hydrogen-bond acceptors (Lipinski definition) is 3. The zero-order valence-electron chi connectivity index (χ0n) is 9.04. The first-order valence-corrected chi connectivity index (χ1v) is 5.99. The lowest BCUT2D eigenvalue weighted by atomic mass is 9.81. The maximum absolute atomic E-state index is 11.2. The van der Waals surface area contributed by atoms with Gasteiger partial charge >= 0.3 is 11.9 Å². The standard InChI is InChI=1S/C12H18O3/c13-11-7-10(8-12(14)15-11)9-5-3-1-2-4-6-9/h9-10H,1-8H2. The average molecular weight is 210 g/mol. The van der Waals surface area contributed by atoms with Gasteiger partial charge in [-0.05, 0) is 11.8 Å². The molecule has 0 radical (unpaired) electrons. The van der Waals surface area contributed by atoms with Gasteiger partial charge in [0.1, 0.15) is 0 Å². The van der Waals surface area contributed by atoms with E-state index in [-0.39, 0.29) is 17.9 Å². The van der Waals surface area contributed by atoms with Crippen molar-refractivity contribution in [2.75, 3.05) is 0 Å². The second kappa shape index (κ2) is 4.77. The summed E-state index contributed by atoms with van der Waals surface area (Å²) in [7, 11) is 0. The van der Waals surface area contributed by atoms with Crippen LogP contribution in [0.15, 0.2) is 0 Å². The van der Waals surface area contributed by atoms with Gasteiger partial charge in [-0.15, -0.1) is 0 Å². The molecule has 0 aromatic rings. The minimum Gasteiger partial charge on any atom is -0.393 e. The molecule has 2 fully saturated rings. The Labute approximate surface area is 90.2 Å². The molecule has 2 rings (SSSR count). The van der Waals surface area contributed by atoms with E-state index in [1.807, 2.05) is 0 Å². The highest BCUT2D eigenvalue weighted by Crippen LogP contribution is 2.34. The van der Waals surface area contributed by atoms with Crippen LogP contribution in [0.4, 0.5) is 0 Å². The largest absolute Gasteiger partial charge is 0.393 e. The predicted octanol–water partition coefficient (Wildman–Crippen LogP) is 2.44. The minimum atomic E-state index is -0.319. The van der Waals surface area contributed by atoms with Gasteiger partial charge in [0, 0.05) is 12.8 Å². The Balaban J connectivity index is 1.95. The van der Waals surface area contributed by atoms with Crippen molar-refractivity contribution in [1.82, 2.24) is 0 Å². The zero-order chi connectivity index (χ0) is 10.7. The molecule has 0 spiro atoms. The highest BCUT2D eigenvalue weighted by atomic mass is 16.6. The van der Waals surface area contributed by atoms with Crippen molar-refractivity contribution in [3.05, 3.63) is 0 Å². The highest BCUT2D eigenvalue weighted by Gasteiger charge is 2.32. The lowest BCUT2D eigenvalue weighted by molar-refractivity contribution is -0.166. The van der Waals surface area contributed by atoms with E-state index in [0.717, 1.165) is 0 Å². The van der Waals surface area contributed by atoms with Gasteiger partial charge in [-0.3, -0.25) is 9.59 Å². The molecular formula is C12H18O3. The molecule has 0 aromatic carbocycles. The Morgan fingerprint density at radius 1 is 0.800 bits per heavy atom. The summed E-state index contributed by atoms with van der Waals surface area (Å²) in [6, 6.07) is 0. The van der Waals surface area contributed by atoms with E-state index < -0.39 is 0 Å². The van der Waals surface area contributed by atoms with Crippen molar-refractivity contribution in [2.24, 2.45) is 11.8 Å². The molecule has 2 aliphatic rings. The highest BCUT2D eigenvalue weighted by molar-refractivity contribution is 5.88. The predicted molar refractivity (Wildman–Crippen MR) is 55.0 cm³/mol. The van der Waals surface area contributed by atoms with Crippen LogP contribution >= 0.6 is 0 Å². The Morgan fingerprint density at radius 2 is 1.33 bits per heavy atom. The van der Waals surface area contributed by atoms with Gasteiger partial charge in [-0.1, -0.05) is 38.5 Å². The third-order valence-corrected chi connectivity index (χ3v) is 3.65. The molecule has 1 aliphatic heterocycles. The molecular weight excluding hydrogens is 192 g/mol. The first kappa shape index (κ1) is 10.7. The number of carbonyl (C=O) groups is 2. The molecule has 0 atom stereocenters. The molecule has 1 saturated heterocycles. The molecule has 0 bridgehead atoms. The molecule has 0 unspecified atom stereocenters. The van der Waals surface area contributed by atoms with Gasteiger partial charge in [0.15, 0.2) is 0 Å². The SMILES string of the molecule is O=C1CC(C2CCCCCC2)CC(=O)O1. The van der Waals surface area contributed by atoms with Crippen LogP contribution in [0.25, 0.3) is 0 Å². The summed E-state index contributed by atoms with van der Waals surface area (Å²) >= 11 is 0. The molecule has 1 aliphatic carbocycles. The number of esters is 2. The summed E-state index contributed by atoms with van der Waals surface area (Å²) in [5.41, 5.74) is 0. The van der Waals surface area contributed by atoms with Crippen molar-refractivity contribution >= 4 is 11.9 Å². The van der Waals surface area contributed by atoms with Gasteiger partial charge in [0.2, 0.25) is 0 Å². The van der Waals surface area contributed by atoms with E-state index in [1.165, 1.54) is 38.5 Å².